The molecule has 3 heterocycles. The minimum Gasteiger partial charge on any atom is -0.508 e. The lowest BCUT2D eigenvalue weighted by molar-refractivity contribution is -0.139. The summed E-state index contributed by atoms with van der Waals surface area (Å²) in [5.41, 5.74) is 1.25. The molecule has 0 spiro atoms. The summed E-state index contributed by atoms with van der Waals surface area (Å²) in [5.74, 6) is -0.0844. The number of aromatic nitrogens is 1. The smallest absolute Gasteiger partial charge is 0.338 e. The van der Waals surface area contributed by atoms with Crippen LogP contribution >= 0.6 is 11.3 Å². The molecule has 0 radical (unpaired) electrons. The second kappa shape index (κ2) is 16.8. The average Bonchev–Trinajstić information content (AvgIpc) is 3.61. The van der Waals surface area contributed by atoms with Gasteiger partial charge in [0.25, 0.3) is 0 Å². The Morgan fingerprint density at radius 2 is 2.05 bits per heavy atom. The summed E-state index contributed by atoms with van der Waals surface area (Å²) in [6.45, 7) is 3.10. The third-order valence-electron chi connectivity index (χ3n) is 6.23. The molecule has 0 amide bonds. The van der Waals surface area contributed by atoms with Crippen LogP contribution < -0.4 is 5.32 Å². The van der Waals surface area contributed by atoms with Crippen LogP contribution in [0.5, 0.6) is 5.75 Å². The predicted octanol–water partition coefficient (Wildman–Crippen LogP) is 2.49. The van der Waals surface area contributed by atoms with Crippen LogP contribution in [-0.2, 0) is 14.3 Å². The Bertz CT molecular complexity index is 1150. The normalized spacial score (nSPS) is 20.5. The van der Waals surface area contributed by atoms with E-state index < -0.39 is 18.2 Å². The van der Waals surface area contributed by atoms with Gasteiger partial charge in [-0.2, -0.15) is 0 Å². The molecule has 2 aromatic rings. The molecule has 40 heavy (non-hydrogen) atoms. The number of para-hydroxylation sites is 1. The molecule has 10 nitrogen and oxygen atoms in total. The summed E-state index contributed by atoms with van der Waals surface area (Å²) in [7, 11) is 3.32. The number of halogens is 2. The number of carbonyl (C=O) groups is 2. The van der Waals surface area contributed by atoms with Crippen LogP contribution in [0.1, 0.15) is 30.0 Å². The Morgan fingerprint density at radius 3 is 2.67 bits per heavy atom. The van der Waals surface area contributed by atoms with Gasteiger partial charge in [-0.05, 0) is 26.5 Å². The first kappa shape index (κ1) is 32.9. The van der Waals surface area contributed by atoms with E-state index in [0.29, 0.717) is 42.2 Å². The number of likely N-dealkylation sites (N-methyl/N-ethyl adjacent to an activating group) is 1. The molecule has 1 saturated heterocycles. The number of hydrogen-bond acceptors (Lipinski definition) is 11. The van der Waals surface area contributed by atoms with Crippen molar-refractivity contribution in [3.63, 3.8) is 0 Å². The summed E-state index contributed by atoms with van der Waals surface area (Å²) in [6.07, 6.45) is 1.80. The SMILES string of the molecule is CCOC(=O)C1=C(CN2CC(F)CC2CN(C)CC=O)NC(c2nccs2)=N[C@H]1c1ccccc1O.CF.CO. The molecule has 0 saturated carbocycles. The standard InChI is InChI=1S/C25H30FN5O4S.CH3F.CH4O/c1-3-35-25(34)21-19(15-31-13-16(26)12-17(31)14-30(2)9-10-32)28-23(24-27-8-11-36-24)29-22(21)18-6-4-5-7-20(18)33;2*1-2/h4-8,10-11,16-17,22,33H,3,9,12-15H2,1-2H3,(H,28,29);1H3;2H,1H3/t16?,17?,22-;;/m0../s1. The molecule has 2 aliphatic heterocycles. The summed E-state index contributed by atoms with van der Waals surface area (Å²) < 4.78 is 29.5. The van der Waals surface area contributed by atoms with Gasteiger partial charge in [0.05, 0.1) is 25.9 Å². The number of thiazole rings is 1. The lowest BCUT2D eigenvalue weighted by Gasteiger charge is -2.32. The summed E-state index contributed by atoms with van der Waals surface area (Å²) in [4.78, 5) is 37.1. The number of aldehydes is 1. The van der Waals surface area contributed by atoms with Crippen molar-refractivity contribution in [2.75, 3.05) is 54.1 Å². The van der Waals surface area contributed by atoms with E-state index in [4.69, 9.17) is 14.8 Å². The first-order valence-corrected chi connectivity index (χ1v) is 13.5. The molecule has 2 unspecified atom stereocenters. The number of ether oxygens (including phenoxy) is 1. The van der Waals surface area contributed by atoms with E-state index in [2.05, 4.69) is 10.3 Å². The number of phenolic OH excluding ortho intramolecular Hbond substituents is 1. The molecular formula is C27H37F2N5O5S. The van der Waals surface area contributed by atoms with Gasteiger partial charge in [-0.1, -0.05) is 18.2 Å². The number of carbonyl (C=O) groups excluding carboxylic acids is 2. The first-order valence-electron chi connectivity index (χ1n) is 12.7. The molecule has 4 rings (SSSR count). The Kier molecular flexibility index (Phi) is 13.8. The lowest BCUT2D eigenvalue weighted by atomic mass is 9.94. The van der Waals surface area contributed by atoms with Crippen LogP contribution in [0.2, 0.25) is 0 Å². The van der Waals surface area contributed by atoms with Gasteiger partial charge in [0.15, 0.2) is 10.8 Å². The predicted molar refractivity (Wildman–Crippen MR) is 150 cm³/mol. The Hall–Kier alpha value is -3.26. The number of nitrogens with one attached hydrogen (secondary N) is 1. The van der Waals surface area contributed by atoms with E-state index in [1.807, 2.05) is 22.2 Å². The molecule has 13 heteroatoms. The fraction of sp³-hybridized carbons (Fsp3) is 0.481. The number of aromatic hydroxyl groups is 1. The monoisotopic (exact) mass is 581 g/mol. The number of rotatable bonds is 10. The summed E-state index contributed by atoms with van der Waals surface area (Å²) >= 11 is 1.39. The van der Waals surface area contributed by atoms with Gasteiger partial charge in [-0.15, -0.1) is 11.3 Å². The van der Waals surface area contributed by atoms with Gasteiger partial charge in [0.2, 0.25) is 0 Å². The van der Waals surface area contributed by atoms with Crippen molar-refractivity contribution in [1.29, 1.82) is 0 Å². The zero-order valence-corrected chi connectivity index (χ0v) is 23.9. The number of aliphatic hydroxyl groups excluding tert-OH is 1. The van der Waals surface area contributed by atoms with E-state index >= 15 is 0 Å². The highest BCUT2D eigenvalue weighted by Crippen LogP contribution is 2.37. The highest BCUT2D eigenvalue weighted by atomic mass is 32.1. The number of aliphatic hydroxyl groups is 1. The number of esters is 1. The molecule has 220 valence electrons. The minimum absolute atomic E-state index is 0.00569. The van der Waals surface area contributed by atoms with Gasteiger partial charge in [0.1, 0.15) is 24.2 Å². The van der Waals surface area contributed by atoms with Crippen LogP contribution in [0.4, 0.5) is 8.78 Å². The number of phenols is 1. The summed E-state index contributed by atoms with van der Waals surface area (Å²) in [6, 6.07) is 5.76. The Labute approximate surface area is 237 Å². The van der Waals surface area contributed by atoms with Crippen LogP contribution in [0, 0.1) is 0 Å². The highest BCUT2D eigenvalue weighted by molar-refractivity contribution is 7.11. The average molecular weight is 582 g/mol. The van der Waals surface area contributed by atoms with Gasteiger partial charge in [-0.25, -0.2) is 14.2 Å². The van der Waals surface area contributed by atoms with Crippen LogP contribution in [0.3, 0.4) is 0 Å². The molecular weight excluding hydrogens is 544 g/mol. The first-order chi connectivity index (χ1) is 19.4. The fourth-order valence-electron chi connectivity index (χ4n) is 4.63. The molecule has 0 aliphatic carbocycles. The third kappa shape index (κ3) is 8.37. The molecule has 3 atom stereocenters. The number of hydrogen-bond donors (Lipinski definition) is 3. The largest absolute Gasteiger partial charge is 0.508 e. The quantitative estimate of drug-likeness (QED) is 0.286. The Morgan fingerprint density at radius 1 is 1.32 bits per heavy atom. The van der Waals surface area contributed by atoms with Crippen LogP contribution in [0.15, 0.2) is 52.1 Å². The fourth-order valence-corrected chi connectivity index (χ4v) is 5.22. The van der Waals surface area contributed by atoms with Gasteiger partial charge in [-0.3, -0.25) is 19.2 Å². The molecule has 1 fully saturated rings. The third-order valence-corrected chi connectivity index (χ3v) is 7.01. The second-order valence-electron chi connectivity index (χ2n) is 8.82. The number of benzene rings is 1. The maximum absolute atomic E-state index is 14.6. The molecule has 0 bridgehead atoms. The van der Waals surface area contributed by atoms with Crippen molar-refractivity contribution < 1.29 is 33.3 Å². The Balaban J connectivity index is 0.00000134. The van der Waals surface area contributed by atoms with Crippen LogP contribution in [-0.4, -0.2) is 109 Å². The molecule has 2 aliphatic rings. The number of nitrogens with zero attached hydrogens (tertiary/aromatic N) is 4. The number of aliphatic imine (C=N–C) groups is 1. The van der Waals surface area contributed by atoms with Crippen molar-refractivity contribution in [2.24, 2.45) is 4.99 Å². The minimum atomic E-state index is -1.02. The van der Waals surface area contributed by atoms with Gasteiger partial charge in [0, 0.05) is 55.6 Å². The van der Waals surface area contributed by atoms with Crippen molar-refractivity contribution in [1.82, 2.24) is 20.1 Å². The van der Waals surface area contributed by atoms with Crippen molar-refractivity contribution >= 4 is 29.4 Å². The maximum Gasteiger partial charge on any atom is 0.338 e. The second-order valence-corrected chi connectivity index (χ2v) is 9.71. The summed E-state index contributed by atoms with van der Waals surface area (Å²) in [5, 5.41) is 23.4. The van der Waals surface area contributed by atoms with E-state index in [1.165, 1.54) is 11.3 Å². The van der Waals surface area contributed by atoms with Crippen molar-refractivity contribution in [3.05, 3.63) is 57.7 Å². The van der Waals surface area contributed by atoms with Gasteiger partial charge >= 0.3 is 5.97 Å². The van der Waals surface area contributed by atoms with E-state index in [1.54, 1.807) is 37.4 Å². The zero-order valence-electron chi connectivity index (χ0n) is 23.1. The van der Waals surface area contributed by atoms with Crippen LogP contribution in [0.25, 0.3) is 0 Å². The van der Waals surface area contributed by atoms with Crippen molar-refractivity contribution in [2.45, 2.75) is 31.6 Å². The zero-order chi connectivity index (χ0) is 29.7. The molecule has 3 N–H and O–H groups in total. The highest BCUT2D eigenvalue weighted by Gasteiger charge is 2.38. The maximum atomic E-state index is 14.6. The molecule has 1 aromatic carbocycles. The lowest BCUT2D eigenvalue weighted by Crippen LogP contribution is -2.44. The van der Waals surface area contributed by atoms with E-state index in [-0.39, 0.29) is 43.6 Å². The van der Waals surface area contributed by atoms with Gasteiger partial charge < -0.3 is 25.1 Å². The van der Waals surface area contributed by atoms with E-state index in [0.717, 1.165) is 13.4 Å². The van der Waals surface area contributed by atoms with E-state index in [9.17, 15) is 23.5 Å². The number of alkyl halides is 2. The van der Waals surface area contributed by atoms with Crippen molar-refractivity contribution in [3.8, 4) is 5.75 Å². The molecule has 1 aromatic heterocycles. The number of likely N-dealkylation sites (tertiary alicyclic amines) is 1. The number of amidine groups is 1. The topological polar surface area (TPSA) is 128 Å².